The van der Waals surface area contributed by atoms with Crippen molar-refractivity contribution >= 4 is 17.9 Å². The Balaban J connectivity index is 1.55. The molecule has 9 heteroatoms. The molecule has 1 aromatic carbocycles. The molecule has 1 aromatic rings. The summed E-state index contributed by atoms with van der Waals surface area (Å²) in [6, 6.07) is 11.7. The van der Waals surface area contributed by atoms with E-state index in [9.17, 15) is 19.6 Å². The van der Waals surface area contributed by atoms with Gasteiger partial charge in [0.05, 0.1) is 6.07 Å². The molecule has 2 saturated heterocycles. The number of likely N-dealkylation sites (tertiary alicyclic amines) is 1. The third-order valence-electron chi connectivity index (χ3n) is 6.58. The van der Waals surface area contributed by atoms with Gasteiger partial charge in [0, 0.05) is 51.6 Å². The Kier molecular flexibility index (Phi) is 9.49. The van der Waals surface area contributed by atoms with Gasteiger partial charge < -0.3 is 25.0 Å². The van der Waals surface area contributed by atoms with Crippen molar-refractivity contribution in [3.63, 3.8) is 0 Å². The maximum Gasteiger partial charge on any atom is 0.408 e. The predicted molar refractivity (Wildman–Crippen MR) is 129 cm³/mol. The van der Waals surface area contributed by atoms with E-state index in [4.69, 9.17) is 9.47 Å². The zero-order valence-corrected chi connectivity index (χ0v) is 20.6. The molecule has 0 bridgehead atoms. The third-order valence-corrected chi connectivity index (χ3v) is 6.58. The summed E-state index contributed by atoms with van der Waals surface area (Å²) in [6.07, 6.45) is 0.736. The molecular weight excluding hydrogens is 448 g/mol. The Morgan fingerprint density at radius 3 is 2.43 bits per heavy atom. The number of nitrogens with zero attached hydrogens (tertiary/aromatic N) is 2. The van der Waals surface area contributed by atoms with E-state index in [1.54, 1.807) is 4.90 Å². The topological polar surface area (TPSA) is 121 Å². The second-order valence-corrected chi connectivity index (χ2v) is 9.76. The molecule has 3 amide bonds. The summed E-state index contributed by atoms with van der Waals surface area (Å²) < 4.78 is 10.8. The van der Waals surface area contributed by atoms with E-state index < -0.39 is 23.6 Å². The Bertz CT molecular complexity index is 900. The number of nitrogens with one attached hydrogen (secondary N) is 2. The minimum atomic E-state index is -1.09. The maximum absolute atomic E-state index is 13.1. The highest BCUT2D eigenvalue weighted by atomic mass is 16.6. The van der Waals surface area contributed by atoms with Gasteiger partial charge >= 0.3 is 6.09 Å². The number of hydrogen-bond donors (Lipinski definition) is 2. The van der Waals surface area contributed by atoms with E-state index in [1.165, 1.54) is 0 Å². The van der Waals surface area contributed by atoms with E-state index in [0.29, 0.717) is 45.6 Å². The number of carbonyl (C=O) groups is 3. The molecule has 0 aliphatic carbocycles. The van der Waals surface area contributed by atoms with Crippen LogP contribution in [0.5, 0.6) is 0 Å². The van der Waals surface area contributed by atoms with Gasteiger partial charge in [0.1, 0.15) is 5.54 Å². The van der Waals surface area contributed by atoms with Crippen molar-refractivity contribution in [2.75, 3.05) is 26.3 Å². The minimum Gasteiger partial charge on any atom is -0.436 e. The lowest BCUT2D eigenvalue weighted by molar-refractivity contribution is -0.140. The van der Waals surface area contributed by atoms with Crippen LogP contribution in [0.15, 0.2) is 30.3 Å². The summed E-state index contributed by atoms with van der Waals surface area (Å²) in [5, 5.41) is 15.4. The number of hydrogen-bond acceptors (Lipinski definition) is 6. The van der Waals surface area contributed by atoms with Gasteiger partial charge in [-0.1, -0.05) is 44.2 Å². The molecule has 9 nitrogen and oxygen atoms in total. The quantitative estimate of drug-likeness (QED) is 0.585. The molecule has 1 unspecified atom stereocenters. The van der Waals surface area contributed by atoms with E-state index in [2.05, 4.69) is 16.7 Å². The van der Waals surface area contributed by atoms with Crippen LogP contribution in [0.3, 0.4) is 0 Å². The fraction of sp³-hybridized carbons (Fsp3) is 0.615. The first-order valence-corrected chi connectivity index (χ1v) is 12.4. The fourth-order valence-electron chi connectivity index (χ4n) is 4.47. The molecule has 2 aliphatic rings. The molecule has 0 saturated carbocycles. The van der Waals surface area contributed by atoms with Gasteiger partial charge in [-0.2, -0.15) is 5.26 Å². The van der Waals surface area contributed by atoms with Gasteiger partial charge in [-0.25, -0.2) is 4.79 Å². The second-order valence-electron chi connectivity index (χ2n) is 9.76. The molecule has 2 heterocycles. The van der Waals surface area contributed by atoms with Crippen LogP contribution in [-0.4, -0.2) is 60.8 Å². The second kappa shape index (κ2) is 12.5. The fourth-order valence-corrected chi connectivity index (χ4v) is 4.47. The van der Waals surface area contributed by atoms with E-state index in [0.717, 1.165) is 18.4 Å². The van der Waals surface area contributed by atoms with Crippen molar-refractivity contribution in [3.8, 4) is 6.07 Å². The first-order chi connectivity index (χ1) is 16.8. The first kappa shape index (κ1) is 26.5. The van der Waals surface area contributed by atoms with Crippen LogP contribution in [0.1, 0.15) is 51.5 Å². The van der Waals surface area contributed by atoms with Crippen LogP contribution >= 0.6 is 0 Å². The zero-order chi connectivity index (χ0) is 25.3. The van der Waals surface area contributed by atoms with Crippen LogP contribution in [-0.2, 0) is 25.6 Å². The molecule has 1 atom stereocenters. The van der Waals surface area contributed by atoms with Crippen molar-refractivity contribution in [1.29, 1.82) is 5.26 Å². The molecule has 2 aliphatic heterocycles. The molecular formula is C26H36N4O5. The van der Waals surface area contributed by atoms with Crippen LogP contribution in [0.2, 0.25) is 0 Å². The van der Waals surface area contributed by atoms with Crippen LogP contribution < -0.4 is 10.6 Å². The Morgan fingerprint density at radius 2 is 1.83 bits per heavy atom. The molecule has 2 fully saturated rings. The van der Waals surface area contributed by atoms with Gasteiger partial charge in [-0.3, -0.25) is 9.59 Å². The standard InChI is InChI=1S/C26H36N4O5/c1-19(2)16-22(35-25(33)28-17-20-6-4-3-5-7-20)23(31)29-26(18-27)10-12-30(13-11-26)24(32)21-8-14-34-15-9-21/h3-7,19,21-22H,8-17H2,1-2H3,(H,28,33)(H,29,31). The monoisotopic (exact) mass is 484 g/mol. The van der Waals surface area contributed by atoms with Gasteiger partial charge in [-0.15, -0.1) is 0 Å². The van der Waals surface area contributed by atoms with Crippen molar-refractivity contribution in [3.05, 3.63) is 35.9 Å². The highest BCUT2D eigenvalue weighted by molar-refractivity contribution is 5.84. The predicted octanol–water partition coefficient (Wildman–Crippen LogP) is 2.76. The number of alkyl carbamates (subject to hydrolysis) is 1. The molecule has 3 rings (SSSR count). The average Bonchev–Trinajstić information content (AvgIpc) is 2.88. The van der Waals surface area contributed by atoms with Crippen molar-refractivity contribution in [1.82, 2.24) is 15.5 Å². The Hall–Kier alpha value is -3.12. The van der Waals surface area contributed by atoms with E-state index >= 15 is 0 Å². The SMILES string of the molecule is CC(C)CC(OC(=O)NCc1ccccc1)C(=O)NC1(C#N)CCN(C(=O)C2CCOCC2)CC1. The molecule has 2 N–H and O–H groups in total. The van der Waals surface area contributed by atoms with E-state index in [-0.39, 0.29) is 24.3 Å². The van der Waals surface area contributed by atoms with Crippen molar-refractivity contribution < 1.29 is 23.9 Å². The number of piperidine rings is 1. The number of carbonyl (C=O) groups excluding carboxylic acids is 3. The van der Waals surface area contributed by atoms with Gasteiger partial charge in [0.2, 0.25) is 5.91 Å². The lowest BCUT2D eigenvalue weighted by atomic mass is 9.87. The summed E-state index contributed by atoms with van der Waals surface area (Å²) in [5.74, 6) is -0.322. The lowest BCUT2D eigenvalue weighted by Gasteiger charge is -2.40. The molecule has 0 spiro atoms. The highest BCUT2D eigenvalue weighted by Crippen LogP contribution is 2.26. The van der Waals surface area contributed by atoms with E-state index in [1.807, 2.05) is 44.2 Å². The normalized spacial score (nSPS) is 18.9. The molecule has 190 valence electrons. The molecule has 35 heavy (non-hydrogen) atoms. The molecule has 0 aromatic heterocycles. The lowest BCUT2D eigenvalue weighted by Crippen LogP contribution is -2.58. The smallest absolute Gasteiger partial charge is 0.408 e. The minimum absolute atomic E-state index is 0.0360. The number of benzene rings is 1. The zero-order valence-electron chi connectivity index (χ0n) is 20.6. The van der Waals surface area contributed by atoms with Gasteiger partial charge in [-0.05, 0) is 30.7 Å². The summed E-state index contributed by atoms with van der Waals surface area (Å²) in [6.45, 7) is 6.15. The van der Waals surface area contributed by atoms with Crippen LogP contribution in [0.4, 0.5) is 4.79 Å². The number of ether oxygens (including phenoxy) is 2. The van der Waals surface area contributed by atoms with Crippen LogP contribution in [0, 0.1) is 23.2 Å². The highest BCUT2D eigenvalue weighted by Gasteiger charge is 2.40. The summed E-state index contributed by atoms with van der Waals surface area (Å²) in [4.78, 5) is 40.1. The molecule has 0 radical (unpaired) electrons. The van der Waals surface area contributed by atoms with Crippen molar-refractivity contribution in [2.45, 2.75) is 64.1 Å². The number of amides is 3. The largest absolute Gasteiger partial charge is 0.436 e. The average molecular weight is 485 g/mol. The van der Waals surface area contributed by atoms with Crippen molar-refractivity contribution in [2.24, 2.45) is 11.8 Å². The number of rotatable bonds is 8. The summed E-state index contributed by atoms with van der Waals surface area (Å²) in [7, 11) is 0. The summed E-state index contributed by atoms with van der Waals surface area (Å²) >= 11 is 0. The van der Waals surface area contributed by atoms with Gasteiger partial charge in [0.15, 0.2) is 6.10 Å². The summed E-state index contributed by atoms with van der Waals surface area (Å²) in [5.41, 5.74) is -0.178. The Labute approximate surface area is 207 Å². The first-order valence-electron chi connectivity index (χ1n) is 12.4. The Morgan fingerprint density at radius 1 is 1.17 bits per heavy atom. The number of nitriles is 1. The maximum atomic E-state index is 13.1. The van der Waals surface area contributed by atoms with Crippen LogP contribution in [0.25, 0.3) is 0 Å². The van der Waals surface area contributed by atoms with Gasteiger partial charge in [0.25, 0.3) is 5.91 Å². The third kappa shape index (κ3) is 7.69.